The number of rotatable bonds is 2. The average molecular weight is 212 g/mol. The van der Waals surface area contributed by atoms with Crippen LogP contribution in [0.25, 0.3) is 0 Å². The van der Waals surface area contributed by atoms with Crippen molar-refractivity contribution >= 4 is 5.91 Å². The van der Waals surface area contributed by atoms with Gasteiger partial charge in [0, 0.05) is 13.1 Å². The first-order chi connectivity index (χ1) is 6.83. The third-order valence-corrected chi connectivity index (χ3v) is 3.43. The third kappa shape index (κ3) is 3.20. The van der Waals surface area contributed by atoms with Crippen LogP contribution >= 0.6 is 0 Å². The zero-order valence-electron chi connectivity index (χ0n) is 10.4. The average Bonchev–Trinajstić information content (AvgIpc) is 2.15. The van der Waals surface area contributed by atoms with E-state index in [2.05, 4.69) is 13.8 Å². The second-order valence-electron chi connectivity index (χ2n) is 5.76. The highest BCUT2D eigenvalue weighted by Crippen LogP contribution is 2.29. The molecule has 0 aromatic rings. The standard InChI is InChI=1S/C12H24N2O/c1-9(2)10(13)11(15)14-7-5-12(3,4)6-8-14/h9-10H,5-8,13H2,1-4H3/t10-/m0/s1. The molecule has 0 aromatic carbocycles. The number of hydrogen-bond acceptors (Lipinski definition) is 2. The maximum absolute atomic E-state index is 12.0. The Bertz CT molecular complexity index is 226. The summed E-state index contributed by atoms with van der Waals surface area (Å²) in [5.41, 5.74) is 6.25. The fourth-order valence-corrected chi connectivity index (χ4v) is 1.83. The molecular weight excluding hydrogens is 188 g/mol. The molecule has 1 rings (SSSR count). The summed E-state index contributed by atoms with van der Waals surface area (Å²) < 4.78 is 0. The van der Waals surface area contributed by atoms with Gasteiger partial charge in [0.05, 0.1) is 6.04 Å². The zero-order chi connectivity index (χ0) is 11.6. The Labute approximate surface area is 93.0 Å². The summed E-state index contributed by atoms with van der Waals surface area (Å²) in [6, 6.07) is -0.328. The summed E-state index contributed by atoms with van der Waals surface area (Å²) in [7, 11) is 0. The number of piperidine rings is 1. The van der Waals surface area contributed by atoms with Gasteiger partial charge in [0.15, 0.2) is 0 Å². The largest absolute Gasteiger partial charge is 0.341 e. The Kier molecular flexibility index (Phi) is 3.77. The van der Waals surface area contributed by atoms with Gasteiger partial charge in [-0.1, -0.05) is 27.7 Å². The number of likely N-dealkylation sites (tertiary alicyclic amines) is 1. The van der Waals surface area contributed by atoms with Gasteiger partial charge in [0.1, 0.15) is 0 Å². The molecule has 1 aliphatic heterocycles. The highest BCUT2D eigenvalue weighted by molar-refractivity contribution is 5.82. The molecule has 0 spiro atoms. The molecule has 1 aliphatic rings. The normalized spacial score (nSPS) is 22.9. The van der Waals surface area contributed by atoms with Crippen LogP contribution in [0.2, 0.25) is 0 Å². The molecule has 0 aromatic heterocycles. The molecule has 0 saturated carbocycles. The van der Waals surface area contributed by atoms with E-state index in [0.29, 0.717) is 5.41 Å². The van der Waals surface area contributed by atoms with Crippen LogP contribution in [0.3, 0.4) is 0 Å². The van der Waals surface area contributed by atoms with Crippen LogP contribution < -0.4 is 5.73 Å². The minimum atomic E-state index is -0.328. The Morgan fingerprint density at radius 1 is 1.27 bits per heavy atom. The van der Waals surface area contributed by atoms with Crippen molar-refractivity contribution in [3.8, 4) is 0 Å². The molecule has 0 bridgehead atoms. The topological polar surface area (TPSA) is 46.3 Å². The van der Waals surface area contributed by atoms with Gasteiger partial charge in [0.25, 0.3) is 0 Å². The van der Waals surface area contributed by atoms with E-state index >= 15 is 0 Å². The smallest absolute Gasteiger partial charge is 0.239 e. The minimum absolute atomic E-state index is 0.125. The number of carbonyl (C=O) groups is 1. The van der Waals surface area contributed by atoms with Crippen LogP contribution in [0.15, 0.2) is 0 Å². The number of amides is 1. The van der Waals surface area contributed by atoms with Crippen molar-refractivity contribution in [2.75, 3.05) is 13.1 Å². The van der Waals surface area contributed by atoms with Crippen LogP contribution in [-0.2, 0) is 4.79 Å². The zero-order valence-corrected chi connectivity index (χ0v) is 10.4. The predicted octanol–water partition coefficient (Wildman–Crippen LogP) is 1.62. The van der Waals surface area contributed by atoms with E-state index in [1.807, 2.05) is 18.7 Å². The maximum atomic E-state index is 12.0. The summed E-state index contributed by atoms with van der Waals surface area (Å²) in [6.45, 7) is 10.2. The Balaban J connectivity index is 2.50. The van der Waals surface area contributed by atoms with E-state index < -0.39 is 0 Å². The molecule has 0 aliphatic carbocycles. The summed E-state index contributed by atoms with van der Waals surface area (Å²) in [5.74, 6) is 0.355. The molecule has 1 saturated heterocycles. The highest BCUT2D eigenvalue weighted by atomic mass is 16.2. The van der Waals surface area contributed by atoms with Gasteiger partial charge in [-0.3, -0.25) is 4.79 Å². The van der Waals surface area contributed by atoms with Gasteiger partial charge in [-0.15, -0.1) is 0 Å². The number of nitrogens with zero attached hydrogens (tertiary/aromatic N) is 1. The maximum Gasteiger partial charge on any atom is 0.239 e. The molecular formula is C12H24N2O. The van der Waals surface area contributed by atoms with Gasteiger partial charge < -0.3 is 10.6 Å². The van der Waals surface area contributed by atoms with Crippen molar-refractivity contribution in [1.29, 1.82) is 0 Å². The second kappa shape index (κ2) is 4.52. The lowest BCUT2D eigenvalue weighted by Gasteiger charge is -2.38. The van der Waals surface area contributed by atoms with Gasteiger partial charge in [-0.2, -0.15) is 0 Å². The predicted molar refractivity (Wildman–Crippen MR) is 62.4 cm³/mol. The first-order valence-corrected chi connectivity index (χ1v) is 5.88. The molecule has 1 fully saturated rings. The Hall–Kier alpha value is -0.570. The summed E-state index contributed by atoms with van der Waals surface area (Å²) in [6.07, 6.45) is 2.17. The molecule has 2 N–H and O–H groups in total. The molecule has 15 heavy (non-hydrogen) atoms. The van der Waals surface area contributed by atoms with Gasteiger partial charge in [-0.25, -0.2) is 0 Å². The lowest BCUT2D eigenvalue weighted by atomic mass is 9.82. The van der Waals surface area contributed by atoms with Crippen molar-refractivity contribution in [2.45, 2.75) is 46.6 Å². The molecule has 3 nitrogen and oxygen atoms in total. The Morgan fingerprint density at radius 2 is 1.73 bits per heavy atom. The van der Waals surface area contributed by atoms with Crippen LogP contribution in [0, 0.1) is 11.3 Å². The van der Waals surface area contributed by atoms with Crippen molar-refractivity contribution in [3.63, 3.8) is 0 Å². The highest BCUT2D eigenvalue weighted by Gasteiger charge is 2.30. The van der Waals surface area contributed by atoms with Gasteiger partial charge in [0.2, 0.25) is 5.91 Å². The number of carbonyl (C=O) groups excluding carboxylic acids is 1. The Morgan fingerprint density at radius 3 is 2.13 bits per heavy atom. The van der Waals surface area contributed by atoms with Crippen molar-refractivity contribution < 1.29 is 4.79 Å². The number of nitrogens with two attached hydrogens (primary N) is 1. The van der Waals surface area contributed by atoms with Gasteiger partial charge in [-0.05, 0) is 24.2 Å². The van der Waals surface area contributed by atoms with Crippen molar-refractivity contribution in [2.24, 2.45) is 17.1 Å². The molecule has 0 unspecified atom stereocenters. The molecule has 1 atom stereocenters. The molecule has 3 heteroatoms. The first-order valence-electron chi connectivity index (χ1n) is 5.88. The van der Waals surface area contributed by atoms with Crippen molar-refractivity contribution in [3.05, 3.63) is 0 Å². The summed E-state index contributed by atoms with van der Waals surface area (Å²) in [5, 5.41) is 0. The lowest BCUT2D eigenvalue weighted by molar-refractivity contribution is -0.135. The van der Waals surface area contributed by atoms with Gasteiger partial charge >= 0.3 is 0 Å². The van der Waals surface area contributed by atoms with Crippen LogP contribution in [-0.4, -0.2) is 29.9 Å². The van der Waals surface area contributed by atoms with E-state index in [1.165, 1.54) is 0 Å². The summed E-state index contributed by atoms with van der Waals surface area (Å²) in [4.78, 5) is 13.9. The lowest BCUT2D eigenvalue weighted by Crippen LogP contribution is -2.50. The minimum Gasteiger partial charge on any atom is -0.341 e. The molecule has 1 heterocycles. The van der Waals surface area contributed by atoms with Crippen LogP contribution in [0.5, 0.6) is 0 Å². The first kappa shape index (κ1) is 12.5. The monoisotopic (exact) mass is 212 g/mol. The van der Waals surface area contributed by atoms with E-state index in [0.717, 1.165) is 25.9 Å². The van der Waals surface area contributed by atoms with Crippen LogP contribution in [0.4, 0.5) is 0 Å². The summed E-state index contributed by atoms with van der Waals surface area (Å²) >= 11 is 0. The number of hydrogen-bond donors (Lipinski definition) is 1. The van der Waals surface area contributed by atoms with E-state index in [9.17, 15) is 4.79 Å². The van der Waals surface area contributed by atoms with Crippen molar-refractivity contribution in [1.82, 2.24) is 4.90 Å². The second-order valence-corrected chi connectivity index (χ2v) is 5.76. The molecule has 88 valence electrons. The van der Waals surface area contributed by atoms with E-state index in [4.69, 9.17) is 5.73 Å². The fourth-order valence-electron chi connectivity index (χ4n) is 1.83. The van der Waals surface area contributed by atoms with E-state index in [1.54, 1.807) is 0 Å². The molecule has 0 radical (unpaired) electrons. The quantitative estimate of drug-likeness (QED) is 0.756. The van der Waals surface area contributed by atoms with E-state index in [-0.39, 0.29) is 17.9 Å². The van der Waals surface area contributed by atoms with Crippen LogP contribution in [0.1, 0.15) is 40.5 Å². The molecule has 1 amide bonds. The fraction of sp³-hybridized carbons (Fsp3) is 0.917. The SMILES string of the molecule is CC(C)[C@H](N)C(=O)N1CCC(C)(C)CC1. The third-order valence-electron chi connectivity index (χ3n) is 3.43.